The number of furan rings is 1. The van der Waals surface area contributed by atoms with Gasteiger partial charge < -0.3 is 10.2 Å². The Morgan fingerprint density at radius 3 is 2.68 bits per heavy atom. The lowest BCUT2D eigenvalue weighted by molar-refractivity contribution is -0.141. The van der Waals surface area contributed by atoms with Crippen molar-refractivity contribution in [1.82, 2.24) is 19.7 Å². The third kappa shape index (κ3) is 3.84. The van der Waals surface area contributed by atoms with Gasteiger partial charge in [0.05, 0.1) is 6.26 Å². The number of primary amides is 1. The van der Waals surface area contributed by atoms with Crippen LogP contribution in [0.25, 0.3) is 17.4 Å². The zero-order chi connectivity index (χ0) is 18.0. The first-order valence-electron chi connectivity index (χ1n) is 7.16. The molecule has 0 saturated carbocycles. The second kappa shape index (κ2) is 6.38. The zero-order valence-electron chi connectivity index (χ0n) is 12.7. The van der Waals surface area contributed by atoms with Crippen LogP contribution in [0, 0.1) is 0 Å². The second-order valence-corrected chi connectivity index (χ2v) is 5.13. The minimum absolute atomic E-state index is 0.0426. The Morgan fingerprint density at radius 2 is 2.08 bits per heavy atom. The molecule has 130 valence electrons. The van der Waals surface area contributed by atoms with Gasteiger partial charge in [-0.2, -0.15) is 18.3 Å². The molecule has 0 aliphatic rings. The summed E-state index contributed by atoms with van der Waals surface area (Å²) < 4.78 is 44.4. The molecule has 0 fully saturated rings. The van der Waals surface area contributed by atoms with Crippen LogP contribution in [0.2, 0.25) is 0 Å². The van der Waals surface area contributed by atoms with Gasteiger partial charge in [-0.25, -0.2) is 14.6 Å². The number of aryl methyl sites for hydroxylation is 1. The maximum atomic E-state index is 12.7. The first kappa shape index (κ1) is 16.7. The molecule has 0 unspecified atom stereocenters. The van der Waals surface area contributed by atoms with Gasteiger partial charge in [-0.3, -0.25) is 4.79 Å². The van der Waals surface area contributed by atoms with Gasteiger partial charge in [0.1, 0.15) is 0 Å². The van der Waals surface area contributed by atoms with Crippen LogP contribution < -0.4 is 5.73 Å². The number of aromatic nitrogens is 4. The largest absolute Gasteiger partial charge is 0.461 e. The Balaban J connectivity index is 2.02. The highest BCUT2D eigenvalue weighted by molar-refractivity contribution is 5.74. The molecule has 2 N–H and O–H groups in total. The third-order valence-electron chi connectivity index (χ3n) is 3.25. The van der Waals surface area contributed by atoms with Crippen LogP contribution in [0.4, 0.5) is 13.2 Å². The summed E-state index contributed by atoms with van der Waals surface area (Å²) in [6, 6.07) is 5.53. The van der Waals surface area contributed by atoms with Gasteiger partial charge in [-0.05, 0) is 24.6 Å². The number of carbonyl (C=O) groups excluding carboxylic acids is 1. The molecule has 3 heterocycles. The van der Waals surface area contributed by atoms with Gasteiger partial charge in [0.15, 0.2) is 23.1 Å². The average molecular weight is 351 g/mol. The minimum atomic E-state index is -4.56. The van der Waals surface area contributed by atoms with Crippen LogP contribution in [0.1, 0.15) is 17.8 Å². The lowest BCUT2D eigenvalue weighted by Crippen LogP contribution is -2.13. The van der Waals surface area contributed by atoms with Crippen molar-refractivity contribution in [2.75, 3.05) is 0 Å². The number of halogens is 3. The Kier molecular flexibility index (Phi) is 4.26. The molecule has 0 spiro atoms. The monoisotopic (exact) mass is 351 g/mol. The van der Waals surface area contributed by atoms with E-state index in [2.05, 4.69) is 15.1 Å². The van der Waals surface area contributed by atoms with Crippen LogP contribution in [0.15, 0.2) is 41.1 Å². The molecule has 0 aliphatic heterocycles. The van der Waals surface area contributed by atoms with Gasteiger partial charge in [-0.1, -0.05) is 0 Å². The van der Waals surface area contributed by atoms with Crippen LogP contribution in [-0.4, -0.2) is 25.7 Å². The fourth-order valence-electron chi connectivity index (χ4n) is 2.10. The summed E-state index contributed by atoms with van der Waals surface area (Å²) in [6.45, 7) is 0. The van der Waals surface area contributed by atoms with E-state index in [0.29, 0.717) is 11.5 Å². The molecule has 0 atom stereocenters. The number of carbonyl (C=O) groups is 1. The molecule has 3 aromatic heterocycles. The molecule has 3 rings (SSSR count). The fraction of sp³-hybridized carbons (Fsp3) is 0.200. The molecule has 0 bridgehead atoms. The van der Waals surface area contributed by atoms with E-state index >= 15 is 0 Å². The van der Waals surface area contributed by atoms with Crippen molar-refractivity contribution in [2.45, 2.75) is 19.0 Å². The van der Waals surface area contributed by atoms with E-state index in [1.165, 1.54) is 12.3 Å². The maximum absolute atomic E-state index is 12.7. The molecule has 0 radical (unpaired) electrons. The lowest BCUT2D eigenvalue weighted by atomic mass is 10.2. The molecule has 0 aliphatic carbocycles. The first-order valence-corrected chi connectivity index (χ1v) is 7.16. The highest BCUT2D eigenvalue weighted by atomic mass is 19.4. The van der Waals surface area contributed by atoms with Crippen molar-refractivity contribution in [3.63, 3.8) is 0 Å². The summed E-state index contributed by atoms with van der Waals surface area (Å²) >= 11 is 0. The van der Waals surface area contributed by atoms with Crippen LogP contribution in [0.3, 0.4) is 0 Å². The summed E-state index contributed by atoms with van der Waals surface area (Å²) in [5, 5.41) is 3.49. The van der Waals surface area contributed by atoms with Gasteiger partial charge in [0.2, 0.25) is 5.91 Å². The molecule has 0 saturated heterocycles. The van der Waals surface area contributed by atoms with E-state index in [4.69, 9.17) is 10.2 Å². The van der Waals surface area contributed by atoms with E-state index < -0.39 is 17.8 Å². The normalized spacial score (nSPS) is 11.6. The first-order chi connectivity index (χ1) is 11.8. The molecule has 7 nitrogen and oxygen atoms in total. The Labute approximate surface area is 139 Å². The number of amides is 1. The summed E-state index contributed by atoms with van der Waals surface area (Å²) in [6.07, 6.45) is -1.73. The van der Waals surface area contributed by atoms with Crippen molar-refractivity contribution in [3.8, 4) is 17.4 Å². The maximum Gasteiger partial charge on any atom is 0.435 e. The van der Waals surface area contributed by atoms with Gasteiger partial charge >= 0.3 is 6.18 Å². The number of rotatable bonds is 5. The number of hydrogen-bond donors (Lipinski definition) is 1. The molecule has 3 aromatic rings. The highest BCUT2D eigenvalue weighted by Gasteiger charge is 2.33. The fourth-order valence-corrected chi connectivity index (χ4v) is 2.10. The van der Waals surface area contributed by atoms with Gasteiger partial charge in [0.25, 0.3) is 0 Å². The summed E-state index contributed by atoms with van der Waals surface area (Å²) in [7, 11) is 0. The number of nitrogens with two attached hydrogens (primary N) is 1. The van der Waals surface area contributed by atoms with Crippen LogP contribution in [-0.2, 0) is 17.4 Å². The molecule has 1 amide bonds. The summed E-state index contributed by atoms with van der Waals surface area (Å²) in [5.41, 5.74) is 4.52. The predicted octanol–water partition coefficient (Wildman–Crippen LogP) is 2.36. The molecular formula is C15H12F3N5O2. The third-order valence-corrected chi connectivity index (χ3v) is 3.25. The standard InChI is InChI=1S/C15H12F3N5O2/c16-15(17,18)11-5-6-23(22-11)13-8-9(3-4-12(19)24)20-14(21-13)10-2-1-7-25-10/h1-2,5-8H,3-4H2,(H2,19,24). The Bertz CT molecular complexity index is 887. The smallest absolute Gasteiger partial charge is 0.435 e. The second-order valence-electron chi connectivity index (χ2n) is 5.13. The van der Waals surface area contributed by atoms with Crippen LogP contribution in [0.5, 0.6) is 0 Å². The predicted molar refractivity (Wildman–Crippen MR) is 79.4 cm³/mol. The van der Waals surface area contributed by atoms with Crippen molar-refractivity contribution in [2.24, 2.45) is 5.73 Å². The van der Waals surface area contributed by atoms with Gasteiger partial charge in [0, 0.05) is 24.4 Å². The minimum Gasteiger partial charge on any atom is -0.461 e. The van der Waals surface area contributed by atoms with E-state index in [1.54, 1.807) is 12.1 Å². The number of hydrogen-bond acceptors (Lipinski definition) is 5. The Morgan fingerprint density at radius 1 is 1.28 bits per heavy atom. The molecule has 10 heteroatoms. The molecule has 0 aromatic carbocycles. The van der Waals surface area contributed by atoms with Crippen molar-refractivity contribution in [3.05, 3.63) is 48.1 Å². The van der Waals surface area contributed by atoms with E-state index in [0.717, 1.165) is 16.9 Å². The number of nitrogens with zero attached hydrogens (tertiary/aromatic N) is 4. The number of alkyl halides is 3. The van der Waals surface area contributed by atoms with Crippen molar-refractivity contribution >= 4 is 5.91 Å². The summed E-state index contributed by atoms with van der Waals surface area (Å²) in [4.78, 5) is 19.4. The van der Waals surface area contributed by atoms with Gasteiger partial charge in [-0.15, -0.1) is 0 Å². The van der Waals surface area contributed by atoms with Crippen molar-refractivity contribution < 1.29 is 22.4 Å². The van der Waals surface area contributed by atoms with Crippen LogP contribution >= 0.6 is 0 Å². The van der Waals surface area contributed by atoms with E-state index in [-0.39, 0.29) is 24.5 Å². The highest BCUT2D eigenvalue weighted by Crippen LogP contribution is 2.28. The lowest BCUT2D eigenvalue weighted by Gasteiger charge is -2.07. The Hall–Kier alpha value is -3.17. The van der Waals surface area contributed by atoms with E-state index in [9.17, 15) is 18.0 Å². The quantitative estimate of drug-likeness (QED) is 0.761. The van der Waals surface area contributed by atoms with E-state index in [1.807, 2.05) is 0 Å². The zero-order valence-corrected chi connectivity index (χ0v) is 12.7. The molecular weight excluding hydrogens is 339 g/mol. The SMILES string of the molecule is NC(=O)CCc1cc(-n2ccc(C(F)(F)F)n2)nc(-c2ccco2)n1. The summed E-state index contributed by atoms with van der Waals surface area (Å²) in [5.74, 6) is 0.117. The average Bonchev–Trinajstić information content (AvgIpc) is 3.23. The molecule has 25 heavy (non-hydrogen) atoms. The topological polar surface area (TPSA) is 99.8 Å². The van der Waals surface area contributed by atoms with Crippen molar-refractivity contribution in [1.29, 1.82) is 0 Å².